The van der Waals surface area contributed by atoms with Crippen molar-refractivity contribution in [2.75, 3.05) is 26.3 Å². The normalized spacial score (nSPS) is 16.7. The number of morpholine rings is 1. The van der Waals surface area contributed by atoms with E-state index in [1.54, 1.807) is 0 Å². The van der Waals surface area contributed by atoms with Crippen LogP contribution in [-0.4, -0.2) is 36.2 Å². The molecule has 2 aromatic rings. The van der Waals surface area contributed by atoms with E-state index in [0.717, 1.165) is 35.5 Å². The number of pyridine rings is 1. The smallest absolute Gasteiger partial charge is 0.125 e. The van der Waals surface area contributed by atoms with Crippen LogP contribution in [0.1, 0.15) is 17.2 Å². The Morgan fingerprint density at radius 2 is 2.09 bits per heavy atom. The summed E-state index contributed by atoms with van der Waals surface area (Å²) in [6.45, 7) is 4.91. The average molecular weight is 328 g/mol. The van der Waals surface area contributed by atoms with Gasteiger partial charge in [0.25, 0.3) is 0 Å². The molecule has 5 heteroatoms. The van der Waals surface area contributed by atoms with Gasteiger partial charge in [0.05, 0.1) is 25.0 Å². The number of hydrogen-bond donors (Lipinski definition) is 0. The fourth-order valence-electron chi connectivity index (χ4n) is 2.84. The van der Waals surface area contributed by atoms with Crippen molar-refractivity contribution in [3.05, 3.63) is 52.7 Å². The monoisotopic (exact) mass is 327 g/mol. The molecule has 0 saturated carbocycles. The summed E-state index contributed by atoms with van der Waals surface area (Å²) in [7, 11) is 0. The van der Waals surface area contributed by atoms with E-state index in [0.29, 0.717) is 18.2 Å². The molecular formula is C18H18ClN3O. The summed E-state index contributed by atoms with van der Waals surface area (Å²) in [6.07, 6.45) is 1.81. The molecule has 1 atom stereocenters. The minimum absolute atomic E-state index is 0.278. The van der Waals surface area contributed by atoms with Crippen molar-refractivity contribution in [2.45, 2.75) is 13.0 Å². The second kappa shape index (κ2) is 7.10. The minimum atomic E-state index is -0.278. The van der Waals surface area contributed by atoms with E-state index in [1.165, 1.54) is 0 Å². The van der Waals surface area contributed by atoms with E-state index in [-0.39, 0.29) is 6.04 Å². The summed E-state index contributed by atoms with van der Waals surface area (Å²) in [4.78, 5) is 6.69. The molecule has 1 aliphatic heterocycles. The highest BCUT2D eigenvalue weighted by Gasteiger charge is 2.24. The molecule has 1 aromatic carbocycles. The van der Waals surface area contributed by atoms with Crippen LogP contribution < -0.4 is 0 Å². The van der Waals surface area contributed by atoms with Crippen LogP contribution in [0.15, 0.2) is 36.5 Å². The molecule has 118 valence electrons. The molecule has 0 N–H and O–H groups in total. The van der Waals surface area contributed by atoms with Gasteiger partial charge in [0.1, 0.15) is 6.04 Å². The third-order valence-electron chi connectivity index (χ3n) is 4.10. The summed E-state index contributed by atoms with van der Waals surface area (Å²) < 4.78 is 5.37. The predicted molar refractivity (Wildman–Crippen MR) is 90.2 cm³/mol. The molecule has 1 fully saturated rings. The molecule has 0 amide bonds. The zero-order valence-electron chi connectivity index (χ0n) is 13.0. The average Bonchev–Trinajstić information content (AvgIpc) is 2.58. The largest absolute Gasteiger partial charge is 0.379 e. The van der Waals surface area contributed by atoms with E-state index in [1.807, 2.05) is 43.5 Å². The first-order valence-corrected chi connectivity index (χ1v) is 8.01. The van der Waals surface area contributed by atoms with Crippen molar-refractivity contribution in [2.24, 2.45) is 0 Å². The van der Waals surface area contributed by atoms with Gasteiger partial charge in [-0.25, -0.2) is 0 Å². The first-order chi connectivity index (χ1) is 11.2. The topological polar surface area (TPSA) is 49.2 Å². The van der Waals surface area contributed by atoms with Crippen LogP contribution in [0.5, 0.6) is 0 Å². The highest BCUT2D eigenvalue weighted by atomic mass is 35.5. The fraction of sp³-hybridized carbons (Fsp3) is 0.333. The Morgan fingerprint density at radius 1 is 1.30 bits per heavy atom. The lowest BCUT2D eigenvalue weighted by molar-refractivity contribution is 0.0265. The quantitative estimate of drug-likeness (QED) is 0.864. The summed E-state index contributed by atoms with van der Waals surface area (Å²) in [5.41, 5.74) is 3.87. The number of nitrogens with zero attached hydrogens (tertiary/aromatic N) is 3. The van der Waals surface area contributed by atoms with Crippen LogP contribution in [-0.2, 0) is 4.74 Å². The lowest BCUT2D eigenvalue weighted by Crippen LogP contribution is -2.38. The molecule has 1 saturated heterocycles. The number of rotatable bonds is 3. The van der Waals surface area contributed by atoms with Gasteiger partial charge in [-0.05, 0) is 30.7 Å². The van der Waals surface area contributed by atoms with E-state index in [2.05, 4.69) is 16.0 Å². The molecule has 2 heterocycles. The lowest BCUT2D eigenvalue weighted by atomic mass is 10.0. The molecule has 0 bridgehead atoms. The molecular weight excluding hydrogens is 310 g/mol. The van der Waals surface area contributed by atoms with Crippen LogP contribution in [0.4, 0.5) is 0 Å². The van der Waals surface area contributed by atoms with Crippen molar-refractivity contribution in [1.82, 2.24) is 9.88 Å². The first-order valence-electron chi connectivity index (χ1n) is 7.63. The second-order valence-corrected chi connectivity index (χ2v) is 6.05. The van der Waals surface area contributed by atoms with Crippen molar-refractivity contribution in [3.8, 4) is 17.3 Å². The Balaban J connectivity index is 1.90. The molecule has 1 aliphatic rings. The molecule has 0 radical (unpaired) electrons. The van der Waals surface area contributed by atoms with Crippen molar-refractivity contribution in [3.63, 3.8) is 0 Å². The third-order valence-corrected chi connectivity index (χ3v) is 4.33. The van der Waals surface area contributed by atoms with Crippen molar-refractivity contribution in [1.29, 1.82) is 5.26 Å². The van der Waals surface area contributed by atoms with Gasteiger partial charge in [0, 0.05) is 35.4 Å². The highest BCUT2D eigenvalue weighted by molar-refractivity contribution is 6.30. The molecule has 1 aromatic heterocycles. The maximum Gasteiger partial charge on any atom is 0.125 e. The zero-order valence-corrected chi connectivity index (χ0v) is 13.8. The fourth-order valence-corrected chi connectivity index (χ4v) is 3.03. The Labute approximate surface area is 141 Å². The van der Waals surface area contributed by atoms with Gasteiger partial charge < -0.3 is 4.74 Å². The van der Waals surface area contributed by atoms with Gasteiger partial charge in [0.2, 0.25) is 0 Å². The van der Waals surface area contributed by atoms with E-state index in [4.69, 9.17) is 16.3 Å². The number of ether oxygens (including phenoxy) is 1. The van der Waals surface area contributed by atoms with Gasteiger partial charge in [-0.1, -0.05) is 23.7 Å². The Hall–Kier alpha value is -1.93. The third kappa shape index (κ3) is 3.53. The van der Waals surface area contributed by atoms with Crippen LogP contribution in [0.25, 0.3) is 11.3 Å². The lowest BCUT2D eigenvalue weighted by Gasteiger charge is -2.31. The predicted octanol–water partition coefficient (Wildman–Crippen LogP) is 3.61. The van der Waals surface area contributed by atoms with Gasteiger partial charge >= 0.3 is 0 Å². The Bertz CT molecular complexity index is 735. The molecule has 23 heavy (non-hydrogen) atoms. The number of benzene rings is 1. The zero-order chi connectivity index (χ0) is 16.2. The minimum Gasteiger partial charge on any atom is -0.379 e. The van der Waals surface area contributed by atoms with Gasteiger partial charge in [-0.3, -0.25) is 9.88 Å². The maximum absolute atomic E-state index is 9.60. The standard InChI is InChI=1S/C18H18ClN3O/c1-13-9-17(14-3-2-4-15(19)10-14)21-12-16(13)18(11-20)22-5-7-23-8-6-22/h2-4,9-10,12,18H,5-8H2,1H3. The number of halogens is 1. The highest BCUT2D eigenvalue weighted by Crippen LogP contribution is 2.27. The number of aromatic nitrogens is 1. The van der Waals surface area contributed by atoms with E-state index >= 15 is 0 Å². The number of hydrogen-bond acceptors (Lipinski definition) is 4. The molecule has 0 aliphatic carbocycles. The van der Waals surface area contributed by atoms with Crippen LogP contribution in [0.3, 0.4) is 0 Å². The molecule has 1 unspecified atom stereocenters. The Morgan fingerprint density at radius 3 is 2.74 bits per heavy atom. The molecule has 4 nitrogen and oxygen atoms in total. The van der Waals surface area contributed by atoms with Gasteiger partial charge in [-0.15, -0.1) is 0 Å². The van der Waals surface area contributed by atoms with Crippen molar-refractivity contribution >= 4 is 11.6 Å². The number of aryl methyl sites for hydroxylation is 1. The Kier molecular flexibility index (Phi) is 4.92. The van der Waals surface area contributed by atoms with Crippen LogP contribution in [0, 0.1) is 18.3 Å². The first kappa shape index (κ1) is 15.9. The molecule has 3 rings (SSSR count). The van der Waals surface area contributed by atoms with Crippen LogP contribution >= 0.6 is 11.6 Å². The van der Waals surface area contributed by atoms with Gasteiger partial charge in [0.15, 0.2) is 0 Å². The SMILES string of the molecule is Cc1cc(-c2cccc(Cl)c2)ncc1C(C#N)N1CCOCC1. The summed E-state index contributed by atoms with van der Waals surface area (Å²) in [6, 6.07) is 11.8. The summed E-state index contributed by atoms with van der Waals surface area (Å²) >= 11 is 6.05. The van der Waals surface area contributed by atoms with E-state index < -0.39 is 0 Å². The summed E-state index contributed by atoms with van der Waals surface area (Å²) in [5, 5.41) is 10.3. The number of nitriles is 1. The van der Waals surface area contributed by atoms with Crippen molar-refractivity contribution < 1.29 is 4.74 Å². The molecule has 0 spiro atoms. The summed E-state index contributed by atoms with van der Waals surface area (Å²) in [5.74, 6) is 0. The maximum atomic E-state index is 9.60. The second-order valence-electron chi connectivity index (χ2n) is 5.62. The van der Waals surface area contributed by atoms with Crippen LogP contribution in [0.2, 0.25) is 5.02 Å². The van der Waals surface area contributed by atoms with E-state index in [9.17, 15) is 5.26 Å². The van der Waals surface area contributed by atoms with Gasteiger partial charge in [-0.2, -0.15) is 5.26 Å².